The minimum atomic E-state index is -0.417. The van der Waals surface area contributed by atoms with Crippen molar-refractivity contribution in [2.24, 2.45) is 17.6 Å². The number of carbonyl (C=O) groups is 1. The molecule has 7 nitrogen and oxygen atoms in total. The molecule has 2 rings (SSSR count). The quantitative estimate of drug-likeness (QED) is 0.338. The van der Waals surface area contributed by atoms with Crippen molar-refractivity contribution in [1.29, 1.82) is 0 Å². The first-order valence-corrected chi connectivity index (χ1v) is 10.5. The highest BCUT2D eigenvalue weighted by Gasteiger charge is 2.29. The van der Waals surface area contributed by atoms with Gasteiger partial charge in [0.25, 0.3) is 0 Å². The van der Waals surface area contributed by atoms with Gasteiger partial charge < -0.3 is 32.3 Å². The zero-order valence-corrected chi connectivity index (χ0v) is 19.0. The Kier molecular flexibility index (Phi) is 8.93. The number of hydrogen-bond donors (Lipinski definition) is 6. The van der Waals surface area contributed by atoms with Crippen LogP contribution in [-0.2, 0) is 11.3 Å². The van der Waals surface area contributed by atoms with Crippen LogP contribution in [0.15, 0.2) is 48.1 Å². The minimum absolute atomic E-state index is 0.0341. The van der Waals surface area contributed by atoms with Gasteiger partial charge in [-0.25, -0.2) is 4.39 Å². The van der Waals surface area contributed by atoms with Crippen LogP contribution in [0.1, 0.15) is 31.9 Å². The second-order valence-electron chi connectivity index (χ2n) is 7.97. The molecule has 2 atom stereocenters. The van der Waals surface area contributed by atoms with Crippen LogP contribution in [0.4, 0.5) is 4.39 Å². The minimum Gasteiger partial charge on any atom is -0.405 e. The molecular formula is C23H35FN6O. The molecule has 0 aromatic heterocycles. The summed E-state index contributed by atoms with van der Waals surface area (Å²) in [4.78, 5) is 12.8. The summed E-state index contributed by atoms with van der Waals surface area (Å²) in [6, 6.07) is 4.82. The Morgan fingerprint density at radius 3 is 2.58 bits per heavy atom. The summed E-state index contributed by atoms with van der Waals surface area (Å²) >= 11 is 0. The highest BCUT2D eigenvalue weighted by molar-refractivity contribution is 5.81. The maximum Gasteiger partial charge on any atom is 0.229 e. The smallest absolute Gasteiger partial charge is 0.229 e. The number of nitrogens with one attached hydrogen (secondary N) is 5. The second-order valence-corrected chi connectivity index (χ2v) is 7.97. The monoisotopic (exact) mass is 430 g/mol. The Labute approximate surface area is 184 Å². The molecule has 31 heavy (non-hydrogen) atoms. The van der Waals surface area contributed by atoms with Crippen LogP contribution in [-0.4, -0.2) is 32.7 Å². The summed E-state index contributed by atoms with van der Waals surface area (Å²) in [7, 11) is 3.64. The molecule has 0 saturated heterocycles. The molecule has 0 saturated carbocycles. The average Bonchev–Trinajstić information content (AvgIpc) is 3.15. The Bertz CT molecular complexity index is 862. The van der Waals surface area contributed by atoms with E-state index in [1.54, 1.807) is 13.1 Å². The molecule has 1 heterocycles. The number of nitrogens with two attached hydrogens (primary N) is 1. The summed E-state index contributed by atoms with van der Waals surface area (Å²) in [6.45, 7) is 6.85. The molecule has 8 heteroatoms. The molecule has 1 aliphatic heterocycles. The molecule has 0 bridgehead atoms. The number of carbonyl (C=O) groups excluding carboxylic acids is 1. The maximum atomic E-state index is 14.2. The zero-order valence-electron chi connectivity index (χ0n) is 19.0. The lowest BCUT2D eigenvalue weighted by atomic mass is 10.0. The number of hydrogen-bond acceptors (Lipinski definition) is 6. The molecule has 2 unspecified atom stereocenters. The SMILES string of the molecule is CN/C=C(\CNC)c1cc(F)cc(CNC(=O)C(C)C2=C(/C=C\N)NC(C(C)C)N2)c1. The Morgan fingerprint density at radius 2 is 1.97 bits per heavy atom. The van der Waals surface area contributed by atoms with Crippen molar-refractivity contribution >= 4 is 11.5 Å². The average molecular weight is 431 g/mol. The molecule has 1 aromatic rings. The molecule has 1 aromatic carbocycles. The Hall–Kier alpha value is -3.00. The van der Waals surface area contributed by atoms with E-state index in [4.69, 9.17) is 5.73 Å². The van der Waals surface area contributed by atoms with Crippen molar-refractivity contribution in [2.75, 3.05) is 20.6 Å². The van der Waals surface area contributed by atoms with Gasteiger partial charge in [-0.2, -0.15) is 0 Å². The van der Waals surface area contributed by atoms with E-state index >= 15 is 0 Å². The van der Waals surface area contributed by atoms with Crippen molar-refractivity contribution in [3.8, 4) is 0 Å². The molecule has 7 N–H and O–H groups in total. The number of likely N-dealkylation sites (N-methyl/N-ethyl adjacent to an activating group) is 1. The molecule has 1 amide bonds. The van der Waals surface area contributed by atoms with E-state index in [0.717, 1.165) is 22.5 Å². The molecule has 0 radical (unpaired) electrons. The van der Waals surface area contributed by atoms with E-state index in [9.17, 15) is 9.18 Å². The van der Waals surface area contributed by atoms with Gasteiger partial charge in [-0.3, -0.25) is 4.79 Å². The standard InChI is InChI=1S/C23H35FN6O/c1-14(2)22-29-20(6-7-25)21(30-22)15(3)23(31)28-11-16-8-17(10-19(24)9-16)18(12-26-4)13-27-5/h6-10,12,14-15,22,26-27,29-30H,11,13,25H2,1-5H3,(H,28,31)/b7-6-,18-12+. The van der Waals surface area contributed by atoms with Crippen LogP contribution in [0.25, 0.3) is 5.57 Å². The fourth-order valence-electron chi connectivity index (χ4n) is 3.46. The zero-order chi connectivity index (χ0) is 23.0. The fourth-order valence-corrected chi connectivity index (χ4v) is 3.46. The Balaban J connectivity index is 2.13. The fraction of sp³-hybridized carbons (Fsp3) is 0.435. The van der Waals surface area contributed by atoms with Crippen molar-refractivity contribution in [1.82, 2.24) is 26.6 Å². The van der Waals surface area contributed by atoms with Crippen LogP contribution >= 0.6 is 0 Å². The Morgan fingerprint density at radius 1 is 1.23 bits per heavy atom. The van der Waals surface area contributed by atoms with E-state index in [0.29, 0.717) is 18.0 Å². The summed E-state index contributed by atoms with van der Waals surface area (Å²) in [5, 5.41) is 15.7. The normalized spacial score (nSPS) is 17.6. The number of benzene rings is 1. The lowest BCUT2D eigenvalue weighted by Gasteiger charge is -2.20. The van der Waals surface area contributed by atoms with Gasteiger partial charge in [0.1, 0.15) is 5.82 Å². The maximum absolute atomic E-state index is 14.2. The highest BCUT2D eigenvalue weighted by Crippen LogP contribution is 2.22. The van der Waals surface area contributed by atoms with Gasteiger partial charge in [-0.1, -0.05) is 13.8 Å². The molecule has 0 fully saturated rings. The number of halogens is 1. The molecule has 1 aliphatic rings. The molecule has 0 spiro atoms. The summed E-state index contributed by atoms with van der Waals surface area (Å²) in [5.41, 5.74) is 9.56. The third-order valence-electron chi connectivity index (χ3n) is 5.15. The van der Waals surface area contributed by atoms with Crippen LogP contribution in [0.2, 0.25) is 0 Å². The van der Waals surface area contributed by atoms with Crippen LogP contribution in [0.3, 0.4) is 0 Å². The van der Waals surface area contributed by atoms with E-state index < -0.39 is 5.92 Å². The van der Waals surface area contributed by atoms with Crippen molar-refractivity contribution in [3.63, 3.8) is 0 Å². The predicted octanol–water partition coefficient (Wildman–Crippen LogP) is 1.72. The lowest BCUT2D eigenvalue weighted by Crippen LogP contribution is -2.40. The topological polar surface area (TPSA) is 103 Å². The van der Waals surface area contributed by atoms with E-state index in [2.05, 4.69) is 40.4 Å². The number of rotatable bonds is 10. The van der Waals surface area contributed by atoms with Crippen LogP contribution in [0.5, 0.6) is 0 Å². The number of allylic oxidation sites excluding steroid dienone is 1. The largest absolute Gasteiger partial charge is 0.405 e. The van der Waals surface area contributed by atoms with Gasteiger partial charge in [0, 0.05) is 32.0 Å². The van der Waals surface area contributed by atoms with Crippen molar-refractivity contribution in [2.45, 2.75) is 33.5 Å². The van der Waals surface area contributed by atoms with Gasteiger partial charge >= 0.3 is 0 Å². The van der Waals surface area contributed by atoms with E-state index in [-0.39, 0.29) is 24.4 Å². The first kappa shape index (κ1) is 24.3. The van der Waals surface area contributed by atoms with Gasteiger partial charge in [0.15, 0.2) is 0 Å². The van der Waals surface area contributed by atoms with Crippen molar-refractivity contribution in [3.05, 3.63) is 65.0 Å². The summed E-state index contributed by atoms with van der Waals surface area (Å²) < 4.78 is 14.2. The van der Waals surface area contributed by atoms with Gasteiger partial charge in [-0.15, -0.1) is 0 Å². The predicted molar refractivity (Wildman–Crippen MR) is 124 cm³/mol. The first-order chi connectivity index (χ1) is 14.8. The van der Waals surface area contributed by atoms with Crippen LogP contribution < -0.4 is 32.3 Å². The number of amides is 1. The summed E-state index contributed by atoms with van der Waals surface area (Å²) in [5.74, 6) is -0.576. The second kappa shape index (κ2) is 11.4. The molecule has 170 valence electrons. The molecular weight excluding hydrogens is 395 g/mol. The van der Waals surface area contributed by atoms with Gasteiger partial charge in [0.2, 0.25) is 5.91 Å². The highest BCUT2D eigenvalue weighted by atomic mass is 19.1. The first-order valence-electron chi connectivity index (χ1n) is 10.5. The summed E-state index contributed by atoms with van der Waals surface area (Å²) in [6.07, 6.45) is 5.07. The molecule has 0 aliphatic carbocycles. The third-order valence-corrected chi connectivity index (χ3v) is 5.15. The van der Waals surface area contributed by atoms with E-state index in [1.165, 1.54) is 18.3 Å². The van der Waals surface area contributed by atoms with Crippen molar-refractivity contribution < 1.29 is 9.18 Å². The lowest BCUT2D eigenvalue weighted by molar-refractivity contribution is -0.123. The van der Waals surface area contributed by atoms with E-state index in [1.807, 2.05) is 26.2 Å². The van der Waals surface area contributed by atoms with Gasteiger partial charge in [-0.05, 0) is 67.1 Å². The van der Waals surface area contributed by atoms with Crippen LogP contribution in [0, 0.1) is 17.7 Å². The third kappa shape index (κ3) is 6.49. The van der Waals surface area contributed by atoms with Gasteiger partial charge in [0.05, 0.1) is 17.8 Å².